The third kappa shape index (κ3) is 5.47. The van der Waals surface area contributed by atoms with Gasteiger partial charge in [-0.1, -0.05) is 53.5 Å². The lowest BCUT2D eigenvalue weighted by Crippen LogP contribution is -2.35. The summed E-state index contributed by atoms with van der Waals surface area (Å²) in [6, 6.07) is 16.2. The number of hydrogen-bond donors (Lipinski definition) is 2. The van der Waals surface area contributed by atoms with Gasteiger partial charge in [-0.3, -0.25) is 9.59 Å². The van der Waals surface area contributed by atoms with Gasteiger partial charge in [0.1, 0.15) is 5.75 Å². The number of carbonyl (C=O) groups is 2. The third-order valence-corrected chi connectivity index (χ3v) is 3.15. The van der Waals surface area contributed by atoms with Gasteiger partial charge >= 0.3 is 0 Å². The van der Waals surface area contributed by atoms with E-state index in [9.17, 15) is 9.59 Å². The molecule has 2 rings (SSSR count). The zero-order chi connectivity index (χ0) is 16.7. The molecule has 0 unspecified atom stereocenters. The van der Waals surface area contributed by atoms with Gasteiger partial charge in [-0.15, -0.1) is 0 Å². The molecule has 0 saturated heterocycles. The highest BCUT2D eigenvalue weighted by Crippen LogP contribution is 2.28. The van der Waals surface area contributed by atoms with E-state index in [-0.39, 0.29) is 6.54 Å². The molecule has 5 nitrogen and oxygen atoms in total. The summed E-state index contributed by atoms with van der Waals surface area (Å²) in [5.41, 5.74) is 0.490. The number of nitrogens with one attached hydrogen (secondary N) is 2. The lowest BCUT2D eigenvalue weighted by molar-refractivity contribution is -0.122. The maximum absolute atomic E-state index is 11.9. The summed E-state index contributed by atoms with van der Waals surface area (Å²) in [4.78, 5) is 21.9. The molecule has 0 bridgehead atoms. The second-order valence-electron chi connectivity index (χ2n) is 4.48. The molecule has 0 radical (unpaired) electrons. The van der Waals surface area contributed by atoms with Crippen LogP contribution in [0.25, 0.3) is 0 Å². The van der Waals surface area contributed by atoms with E-state index in [2.05, 4.69) is 10.6 Å². The topological polar surface area (TPSA) is 67.4 Å². The Balaban J connectivity index is 2.00. The van der Waals surface area contributed by atoms with E-state index in [0.29, 0.717) is 17.2 Å². The van der Waals surface area contributed by atoms with Crippen LogP contribution in [0.3, 0.4) is 0 Å². The number of benzene rings is 2. The van der Waals surface area contributed by atoms with Crippen molar-refractivity contribution in [2.24, 2.45) is 0 Å². The second kappa shape index (κ2) is 8.41. The number of amides is 2. The molecule has 0 aliphatic carbocycles. The van der Waals surface area contributed by atoms with Crippen LogP contribution >= 0.6 is 23.2 Å². The molecule has 120 valence electrons. The minimum Gasteiger partial charge on any atom is -0.455 e. The Bertz CT molecular complexity index is 678. The summed E-state index contributed by atoms with van der Waals surface area (Å²) in [5, 5.41) is 4.98. The molecule has 0 fully saturated rings. The Morgan fingerprint density at radius 2 is 1.65 bits per heavy atom. The molecule has 0 aliphatic heterocycles. The van der Waals surface area contributed by atoms with Crippen molar-refractivity contribution in [3.05, 3.63) is 54.6 Å². The molecule has 0 aromatic heterocycles. The molecule has 2 aromatic carbocycles. The van der Waals surface area contributed by atoms with Gasteiger partial charge in [-0.05, 0) is 24.3 Å². The molecule has 0 spiro atoms. The fourth-order valence-corrected chi connectivity index (χ4v) is 1.87. The van der Waals surface area contributed by atoms with E-state index in [1.165, 1.54) is 0 Å². The monoisotopic (exact) mass is 352 g/mol. The molecule has 7 heteroatoms. The van der Waals surface area contributed by atoms with Crippen LogP contribution in [0.5, 0.6) is 11.5 Å². The SMILES string of the molecule is O=C(CNC(=O)C(Cl)Cl)Nc1ccccc1Oc1ccccc1. The Kier molecular flexibility index (Phi) is 6.26. The van der Waals surface area contributed by atoms with Gasteiger partial charge in [0.25, 0.3) is 5.91 Å². The average molecular weight is 353 g/mol. The number of hydrogen-bond acceptors (Lipinski definition) is 3. The van der Waals surface area contributed by atoms with Crippen molar-refractivity contribution in [3.63, 3.8) is 0 Å². The van der Waals surface area contributed by atoms with E-state index in [1.807, 2.05) is 18.2 Å². The number of ether oxygens (including phenoxy) is 1. The zero-order valence-electron chi connectivity index (χ0n) is 12.0. The molecule has 0 atom stereocenters. The Hall–Kier alpha value is -2.24. The van der Waals surface area contributed by atoms with Crippen LogP contribution in [0.1, 0.15) is 0 Å². The fraction of sp³-hybridized carbons (Fsp3) is 0.125. The Morgan fingerprint density at radius 3 is 2.35 bits per heavy atom. The lowest BCUT2D eigenvalue weighted by atomic mass is 10.3. The van der Waals surface area contributed by atoms with E-state index in [1.54, 1.807) is 36.4 Å². The summed E-state index contributed by atoms with van der Waals surface area (Å²) in [6.07, 6.45) is 0. The number of alkyl halides is 2. The summed E-state index contributed by atoms with van der Waals surface area (Å²) in [5.74, 6) is 0.0920. The standard InChI is InChI=1S/C16H14Cl2N2O3/c17-15(18)16(22)19-10-14(21)20-12-8-4-5-9-13(12)23-11-6-2-1-3-7-11/h1-9,15H,10H2,(H,19,22)(H,20,21). The predicted molar refractivity (Wildman–Crippen MR) is 90.1 cm³/mol. The van der Waals surface area contributed by atoms with Gasteiger partial charge < -0.3 is 15.4 Å². The van der Waals surface area contributed by atoms with Gasteiger partial charge in [0.15, 0.2) is 10.6 Å². The van der Waals surface area contributed by atoms with Crippen molar-refractivity contribution in [3.8, 4) is 11.5 Å². The molecule has 0 heterocycles. The molecule has 0 aliphatic rings. The van der Waals surface area contributed by atoms with Crippen molar-refractivity contribution >= 4 is 40.7 Å². The van der Waals surface area contributed by atoms with E-state index in [0.717, 1.165) is 0 Å². The van der Waals surface area contributed by atoms with Crippen LogP contribution in [0, 0.1) is 0 Å². The smallest absolute Gasteiger partial charge is 0.253 e. The molecule has 0 saturated carbocycles. The Morgan fingerprint density at radius 1 is 1.00 bits per heavy atom. The molecular formula is C16H14Cl2N2O3. The number of rotatable bonds is 6. The normalized spacial score (nSPS) is 10.2. The largest absolute Gasteiger partial charge is 0.455 e. The van der Waals surface area contributed by atoms with Crippen LogP contribution < -0.4 is 15.4 Å². The predicted octanol–water partition coefficient (Wildman–Crippen LogP) is 3.34. The van der Waals surface area contributed by atoms with Gasteiger partial charge in [0, 0.05) is 0 Å². The number of anilines is 1. The quantitative estimate of drug-likeness (QED) is 0.783. The van der Waals surface area contributed by atoms with Crippen LogP contribution in [0.4, 0.5) is 5.69 Å². The van der Waals surface area contributed by atoms with Crippen LogP contribution in [-0.4, -0.2) is 23.2 Å². The highest BCUT2D eigenvalue weighted by atomic mass is 35.5. The second-order valence-corrected chi connectivity index (χ2v) is 5.57. The van der Waals surface area contributed by atoms with Crippen molar-refractivity contribution in [1.82, 2.24) is 5.32 Å². The van der Waals surface area contributed by atoms with E-state index in [4.69, 9.17) is 27.9 Å². The molecule has 2 N–H and O–H groups in total. The fourth-order valence-electron chi connectivity index (χ4n) is 1.71. The Labute approximate surface area is 143 Å². The molecule has 2 aromatic rings. The lowest BCUT2D eigenvalue weighted by Gasteiger charge is -2.12. The third-order valence-electron chi connectivity index (χ3n) is 2.75. The van der Waals surface area contributed by atoms with Gasteiger partial charge in [0.05, 0.1) is 12.2 Å². The number of halogens is 2. The van der Waals surface area contributed by atoms with E-state index >= 15 is 0 Å². The first-order valence-corrected chi connectivity index (χ1v) is 7.61. The van der Waals surface area contributed by atoms with Crippen molar-refractivity contribution in [2.45, 2.75) is 4.84 Å². The van der Waals surface area contributed by atoms with Crippen LogP contribution in [0.2, 0.25) is 0 Å². The van der Waals surface area contributed by atoms with Crippen molar-refractivity contribution in [2.75, 3.05) is 11.9 Å². The van der Waals surface area contributed by atoms with Crippen molar-refractivity contribution < 1.29 is 14.3 Å². The average Bonchev–Trinajstić information content (AvgIpc) is 2.55. The maximum atomic E-state index is 11.9. The summed E-state index contributed by atoms with van der Waals surface area (Å²) in [7, 11) is 0. The molecular weight excluding hydrogens is 339 g/mol. The first kappa shape index (κ1) is 17.1. The van der Waals surface area contributed by atoms with Crippen molar-refractivity contribution in [1.29, 1.82) is 0 Å². The van der Waals surface area contributed by atoms with Crippen LogP contribution in [-0.2, 0) is 9.59 Å². The summed E-state index contributed by atoms with van der Waals surface area (Å²) in [6.45, 7) is -0.242. The first-order valence-electron chi connectivity index (χ1n) is 6.74. The van der Waals surface area contributed by atoms with Gasteiger partial charge in [-0.2, -0.15) is 0 Å². The minimum atomic E-state index is -1.21. The van der Waals surface area contributed by atoms with Crippen LogP contribution in [0.15, 0.2) is 54.6 Å². The molecule has 2 amide bonds. The van der Waals surface area contributed by atoms with E-state index < -0.39 is 16.7 Å². The zero-order valence-corrected chi connectivity index (χ0v) is 13.5. The maximum Gasteiger partial charge on any atom is 0.253 e. The highest BCUT2D eigenvalue weighted by Gasteiger charge is 2.13. The van der Waals surface area contributed by atoms with Gasteiger partial charge in [-0.25, -0.2) is 0 Å². The molecule has 23 heavy (non-hydrogen) atoms. The number of para-hydroxylation sites is 3. The van der Waals surface area contributed by atoms with Gasteiger partial charge in [0.2, 0.25) is 5.91 Å². The number of carbonyl (C=O) groups excluding carboxylic acids is 2. The summed E-state index contributed by atoms with van der Waals surface area (Å²) >= 11 is 10.8. The summed E-state index contributed by atoms with van der Waals surface area (Å²) < 4.78 is 5.73. The highest BCUT2D eigenvalue weighted by molar-refractivity contribution is 6.53. The minimum absolute atomic E-state index is 0.242. The first-order chi connectivity index (χ1) is 11.1.